The molecule has 1 heterocycles. The monoisotopic (exact) mass is 175 g/mol. The van der Waals surface area contributed by atoms with Gasteiger partial charge in [0.2, 0.25) is 6.41 Å². The molecule has 4 heteroatoms. The molecule has 0 spiro atoms. The van der Waals surface area contributed by atoms with Crippen LogP contribution in [0.5, 0.6) is 0 Å². The molecule has 0 aliphatic rings. The Morgan fingerprint density at radius 3 is 3.10 bits per heavy atom. The summed E-state index contributed by atoms with van der Waals surface area (Å²) >= 11 is 7.17. The maximum Gasteiger partial charge on any atom is 0.207 e. The number of nitrogens with one attached hydrogen (secondary N) is 1. The molecule has 0 aromatic carbocycles. The van der Waals surface area contributed by atoms with Crippen molar-refractivity contribution in [2.45, 2.75) is 6.54 Å². The minimum absolute atomic E-state index is 0.570. The van der Waals surface area contributed by atoms with Gasteiger partial charge in [-0.05, 0) is 6.07 Å². The fourth-order valence-corrected chi connectivity index (χ4v) is 1.61. The van der Waals surface area contributed by atoms with Gasteiger partial charge in [-0.3, -0.25) is 4.79 Å². The number of carbonyl (C=O) groups is 1. The van der Waals surface area contributed by atoms with E-state index in [1.54, 1.807) is 0 Å². The lowest BCUT2D eigenvalue weighted by Crippen LogP contribution is -2.07. The zero-order valence-electron chi connectivity index (χ0n) is 5.13. The third kappa shape index (κ3) is 2.01. The number of hydrogen-bond acceptors (Lipinski definition) is 2. The van der Waals surface area contributed by atoms with Crippen LogP contribution in [0.3, 0.4) is 0 Å². The summed E-state index contributed by atoms with van der Waals surface area (Å²) < 4.78 is 0. The third-order valence-electron chi connectivity index (χ3n) is 0.981. The van der Waals surface area contributed by atoms with E-state index < -0.39 is 0 Å². The van der Waals surface area contributed by atoms with Crippen molar-refractivity contribution in [2.75, 3.05) is 0 Å². The number of rotatable bonds is 3. The van der Waals surface area contributed by atoms with Crippen molar-refractivity contribution in [1.29, 1.82) is 0 Å². The molecule has 0 atom stereocenters. The van der Waals surface area contributed by atoms with Gasteiger partial charge in [0, 0.05) is 10.3 Å². The van der Waals surface area contributed by atoms with E-state index in [0.717, 1.165) is 9.90 Å². The van der Waals surface area contributed by atoms with E-state index in [1.165, 1.54) is 11.3 Å². The Labute approximate surface area is 67.8 Å². The van der Waals surface area contributed by atoms with Crippen molar-refractivity contribution < 1.29 is 4.79 Å². The molecule has 0 saturated carbocycles. The second-order valence-corrected chi connectivity index (χ2v) is 3.16. The lowest BCUT2D eigenvalue weighted by Gasteiger charge is -1.90. The normalized spacial score (nSPS) is 9.30. The molecule has 54 valence electrons. The lowest BCUT2D eigenvalue weighted by atomic mass is 10.5. The van der Waals surface area contributed by atoms with Gasteiger partial charge in [0.15, 0.2) is 0 Å². The molecule has 0 bridgehead atoms. The highest BCUT2D eigenvalue weighted by atomic mass is 35.5. The molecule has 2 nitrogen and oxygen atoms in total. The van der Waals surface area contributed by atoms with E-state index in [0.29, 0.717) is 13.0 Å². The van der Waals surface area contributed by atoms with Gasteiger partial charge in [-0.25, -0.2) is 0 Å². The minimum atomic E-state index is 0.570. The standard InChI is InChI=1S/C6H6ClNOS/c7-5-1-6(10-3-5)2-8-4-9/h1,3-4H,2H2,(H,8,9). The molecule has 10 heavy (non-hydrogen) atoms. The molecule has 0 saturated heterocycles. The summed E-state index contributed by atoms with van der Waals surface area (Å²) in [6.07, 6.45) is 0.674. The summed E-state index contributed by atoms with van der Waals surface area (Å²) in [5.74, 6) is 0. The second-order valence-electron chi connectivity index (χ2n) is 1.73. The highest BCUT2D eigenvalue weighted by molar-refractivity contribution is 7.10. The zero-order valence-corrected chi connectivity index (χ0v) is 6.71. The first-order chi connectivity index (χ1) is 4.83. The highest BCUT2D eigenvalue weighted by Gasteiger charge is 1.94. The van der Waals surface area contributed by atoms with Gasteiger partial charge in [0.1, 0.15) is 0 Å². The third-order valence-corrected chi connectivity index (χ3v) is 2.27. The first-order valence-corrected chi connectivity index (χ1v) is 3.98. The Balaban J connectivity index is 2.49. The summed E-state index contributed by atoms with van der Waals surface area (Å²) in [5, 5.41) is 5.12. The average molecular weight is 176 g/mol. The quantitative estimate of drug-likeness (QED) is 0.696. The van der Waals surface area contributed by atoms with Crippen LogP contribution in [0, 0.1) is 0 Å². The van der Waals surface area contributed by atoms with Crippen LogP contribution in [0.15, 0.2) is 11.4 Å². The molecule has 0 aliphatic carbocycles. The van der Waals surface area contributed by atoms with E-state index in [1.807, 2.05) is 11.4 Å². The smallest absolute Gasteiger partial charge is 0.207 e. The van der Waals surface area contributed by atoms with Gasteiger partial charge in [-0.15, -0.1) is 11.3 Å². The largest absolute Gasteiger partial charge is 0.354 e. The Morgan fingerprint density at radius 1 is 1.80 bits per heavy atom. The van der Waals surface area contributed by atoms with Gasteiger partial charge in [-0.1, -0.05) is 11.6 Å². The Hall–Kier alpha value is -0.540. The molecular formula is C6H6ClNOS. The summed E-state index contributed by atoms with van der Waals surface area (Å²) in [5.41, 5.74) is 0. The Kier molecular flexibility index (Phi) is 2.71. The van der Waals surface area contributed by atoms with E-state index in [9.17, 15) is 4.79 Å². The van der Waals surface area contributed by atoms with Gasteiger partial charge in [0.05, 0.1) is 11.6 Å². The van der Waals surface area contributed by atoms with Crippen LogP contribution in [-0.4, -0.2) is 6.41 Å². The molecule has 1 N–H and O–H groups in total. The van der Waals surface area contributed by atoms with Crippen LogP contribution in [0.4, 0.5) is 0 Å². The van der Waals surface area contributed by atoms with E-state index in [2.05, 4.69) is 5.32 Å². The maximum atomic E-state index is 9.85. The van der Waals surface area contributed by atoms with E-state index in [-0.39, 0.29) is 0 Å². The molecule has 0 unspecified atom stereocenters. The molecule has 1 aromatic rings. The van der Waals surface area contributed by atoms with Crippen LogP contribution >= 0.6 is 22.9 Å². The van der Waals surface area contributed by atoms with Crippen molar-refractivity contribution in [3.05, 3.63) is 21.3 Å². The fraction of sp³-hybridized carbons (Fsp3) is 0.167. The van der Waals surface area contributed by atoms with Gasteiger partial charge in [-0.2, -0.15) is 0 Å². The SMILES string of the molecule is O=CNCc1cc(Cl)cs1. The number of halogens is 1. The summed E-state index contributed by atoms with van der Waals surface area (Å²) in [6.45, 7) is 0.570. The molecule has 1 rings (SSSR count). The maximum absolute atomic E-state index is 9.85. The van der Waals surface area contributed by atoms with Gasteiger partial charge >= 0.3 is 0 Å². The van der Waals surface area contributed by atoms with Crippen molar-refractivity contribution in [2.24, 2.45) is 0 Å². The molecular weight excluding hydrogens is 170 g/mol. The number of hydrogen-bond donors (Lipinski definition) is 1. The summed E-state index contributed by atoms with van der Waals surface area (Å²) in [7, 11) is 0. The number of thiophene rings is 1. The van der Waals surface area contributed by atoms with Crippen LogP contribution in [-0.2, 0) is 11.3 Å². The molecule has 1 amide bonds. The van der Waals surface area contributed by atoms with Crippen LogP contribution in [0.2, 0.25) is 5.02 Å². The molecule has 0 radical (unpaired) electrons. The predicted molar refractivity (Wildman–Crippen MR) is 42.2 cm³/mol. The van der Waals surface area contributed by atoms with Crippen molar-refractivity contribution >= 4 is 29.3 Å². The minimum Gasteiger partial charge on any atom is -0.354 e. The first-order valence-electron chi connectivity index (χ1n) is 2.73. The Bertz CT molecular complexity index is 223. The highest BCUT2D eigenvalue weighted by Crippen LogP contribution is 2.18. The molecule has 1 aromatic heterocycles. The number of amides is 1. The Morgan fingerprint density at radius 2 is 2.60 bits per heavy atom. The summed E-state index contributed by atoms with van der Waals surface area (Å²) in [4.78, 5) is 10.9. The van der Waals surface area contributed by atoms with E-state index in [4.69, 9.17) is 11.6 Å². The van der Waals surface area contributed by atoms with Crippen LogP contribution < -0.4 is 5.32 Å². The lowest BCUT2D eigenvalue weighted by molar-refractivity contribution is -0.109. The molecule has 0 fully saturated rings. The first kappa shape index (κ1) is 7.57. The van der Waals surface area contributed by atoms with Crippen molar-refractivity contribution in [3.63, 3.8) is 0 Å². The fourth-order valence-electron chi connectivity index (χ4n) is 0.589. The van der Waals surface area contributed by atoms with Crippen LogP contribution in [0.25, 0.3) is 0 Å². The van der Waals surface area contributed by atoms with Gasteiger partial charge < -0.3 is 5.32 Å². The zero-order chi connectivity index (χ0) is 7.40. The summed E-state index contributed by atoms with van der Waals surface area (Å²) in [6, 6.07) is 1.84. The number of carbonyl (C=O) groups excluding carboxylic acids is 1. The second kappa shape index (κ2) is 3.58. The van der Waals surface area contributed by atoms with Crippen molar-refractivity contribution in [1.82, 2.24) is 5.32 Å². The van der Waals surface area contributed by atoms with Crippen molar-refractivity contribution in [3.8, 4) is 0 Å². The molecule has 0 aliphatic heterocycles. The van der Waals surface area contributed by atoms with E-state index >= 15 is 0 Å². The topological polar surface area (TPSA) is 29.1 Å². The average Bonchev–Trinajstić information content (AvgIpc) is 2.31. The van der Waals surface area contributed by atoms with Gasteiger partial charge in [0.25, 0.3) is 0 Å². The predicted octanol–water partition coefficient (Wildman–Crippen LogP) is 1.65. The van der Waals surface area contributed by atoms with Crippen LogP contribution in [0.1, 0.15) is 4.88 Å².